The predicted molar refractivity (Wildman–Crippen MR) is 187 cm³/mol. The number of hydrogen-bond donors (Lipinski definition) is 0. The maximum atomic E-state index is 14.2. The van der Waals surface area contributed by atoms with Gasteiger partial charge in [0.15, 0.2) is 0 Å². The number of nitrogens with zero attached hydrogens (tertiary/aromatic N) is 3. The number of carbonyl (C=O) groups excluding carboxylic acids is 2. The van der Waals surface area contributed by atoms with Crippen LogP contribution in [-0.2, 0) is 40.5 Å². The summed E-state index contributed by atoms with van der Waals surface area (Å²) >= 11 is 0. The Morgan fingerprint density at radius 2 is 1.21 bits per heavy atom. The van der Waals surface area contributed by atoms with Gasteiger partial charge in [-0.15, -0.1) is 0 Å². The first-order valence-corrected chi connectivity index (χ1v) is 16.1. The van der Waals surface area contributed by atoms with Gasteiger partial charge in [-0.1, -0.05) is 84.9 Å². The molecule has 0 unspecified atom stereocenters. The molecule has 5 aromatic rings. The summed E-state index contributed by atoms with van der Waals surface area (Å²) in [6, 6.07) is 28.2. The molecule has 0 aliphatic heterocycles. The SMILES string of the molecule is Cc1ccccc1-c1cc(N(Cc2ccccc2)C(=O)OCc2ccccc2)ncc1N(C)C(=O)C(C)(C)c1cc(C(F)(F)F)cc(C(F)(F)F)c1. The first-order valence-electron chi connectivity index (χ1n) is 16.1. The molecule has 2 amide bonds. The van der Waals surface area contributed by atoms with Gasteiger partial charge in [0.1, 0.15) is 12.4 Å². The Morgan fingerprint density at radius 3 is 1.77 bits per heavy atom. The molecule has 0 spiro atoms. The van der Waals surface area contributed by atoms with Crippen molar-refractivity contribution >= 4 is 23.5 Å². The highest BCUT2D eigenvalue weighted by atomic mass is 19.4. The number of amides is 2. The van der Waals surface area contributed by atoms with Crippen molar-refractivity contribution in [3.05, 3.63) is 149 Å². The van der Waals surface area contributed by atoms with Crippen molar-refractivity contribution in [2.24, 2.45) is 0 Å². The lowest BCUT2D eigenvalue weighted by atomic mass is 9.81. The van der Waals surface area contributed by atoms with Crippen LogP contribution < -0.4 is 9.80 Å². The summed E-state index contributed by atoms with van der Waals surface area (Å²) in [7, 11) is 1.37. The lowest BCUT2D eigenvalue weighted by Gasteiger charge is -2.32. The Morgan fingerprint density at radius 1 is 0.692 bits per heavy atom. The van der Waals surface area contributed by atoms with Crippen molar-refractivity contribution in [1.29, 1.82) is 0 Å². The third-order valence-electron chi connectivity index (χ3n) is 8.70. The quantitative estimate of drug-likeness (QED) is 0.142. The van der Waals surface area contributed by atoms with Gasteiger partial charge >= 0.3 is 18.4 Å². The molecule has 52 heavy (non-hydrogen) atoms. The summed E-state index contributed by atoms with van der Waals surface area (Å²) in [5.41, 5.74) is -1.76. The summed E-state index contributed by atoms with van der Waals surface area (Å²) in [6.45, 7) is 4.43. The van der Waals surface area contributed by atoms with Crippen molar-refractivity contribution in [3.63, 3.8) is 0 Å². The molecule has 6 nitrogen and oxygen atoms in total. The van der Waals surface area contributed by atoms with Crippen LogP contribution in [0.5, 0.6) is 0 Å². The first-order chi connectivity index (χ1) is 24.5. The summed E-state index contributed by atoms with van der Waals surface area (Å²) in [5.74, 6) is -0.621. The molecule has 0 radical (unpaired) electrons. The lowest BCUT2D eigenvalue weighted by molar-refractivity contribution is -0.143. The molecule has 0 saturated heterocycles. The maximum Gasteiger partial charge on any atom is 0.416 e. The zero-order chi connectivity index (χ0) is 37.8. The molecule has 0 aliphatic rings. The summed E-state index contributed by atoms with van der Waals surface area (Å²) in [5, 5.41) is 0. The molecule has 12 heteroatoms. The fourth-order valence-electron chi connectivity index (χ4n) is 5.71. The van der Waals surface area contributed by atoms with E-state index < -0.39 is 46.5 Å². The van der Waals surface area contributed by atoms with Crippen LogP contribution in [0.1, 0.15) is 47.2 Å². The average Bonchev–Trinajstić information content (AvgIpc) is 3.12. The van der Waals surface area contributed by atoms with E-state index >= 15 is 0 Å². The third kappa shape index (κ3) is 8.44. The zero-order valence-electron chi connectivity index (χ0n) is 28.7. The molecule has 0 bridgehead atoms. The largest absolute Gasteiger partial charge is 0.444 e. The number of halogens is 6. The second-order valence-electron chi connectivity index (χ2n) is 12.8. The second-order valence-corrected chi connectivity index (χ2v) is 12.8. The van der Waals surface area contributed by atoms with Gasteiger partial charge in [-0.05, 0) is 72.9 Å². The number of alkyl halides is 6. The smallest absolute Gasteiger partial charge is 0.416 e. The van der Waals surface area contributed by atoms with Gasteiger partial charge in [0.05, 0.1) is 35.0 Å². The van der Waals surface area contributed by atoms with Crippen molar-refractivity contribution in [2.45, 2.75) is 51.7 Å². The van der Waals surface area contributed by atoms with Gasteiger partial charge in [0, 0.05) is 12.6 Å². The third-order valence-corrected chi connectivity index (χ3v) is 8.70. The zero-order valence-corrected chi connectivity index (χ0v) is 28.7. The normalized spacial score (nSPS) is 12.0. The number of anilines is 2. The van der Waals surface area contributed by atoms with Gasteiger partial charge in [-0.25, -0.2) is 9.78 Å². The fourth-order valence-corrected chi connectivity index (χ4v) is 5.71. The minimum absolute atomic E-state index is 0.00832. The predicted octanol–water partition coefficient (Wildman–Crippen LogP) is 10.4. The van der Waals surface area contributed by atoms with E-state index in [1.165, 1.54) is 32.0 Å². The van der Waals surface area contributed by atoms with Crippen LogP contribution in [-0.4, -0.2) is 24.0 Å². The van der Waals surface area contributed by atoms with Crippen LogP contribution >= 0.6 is 0 Å². The summed E-state index contributed by atoms with van der Waals surface area (Å²) in [6.07, 6.45) is -9.53. The van der Waals surface area contributed by atoms with Crippen molar-refractivity contribution < 1.29 is 40.7 Å². The highest BCUT2D eigenvalue weighted by Gasteiger charge is 2.41. The Kier molecular flexibility index (Phi) is 10.8. The van der Waals surface area contributed by atoms with E-state index in [0.717, 1.165) is 21.6 Å². The molecule has 0 atom stereocenters. The minimum Gasteiger partial charge on any atom is -0.444 e. The van der Waals surface area contributed by atoms with E-state index in [1.54, 1.807) is 18.2 Å². The minimum atomic E-state index is -5.09. The monoisotopic (exact) mass is 719 g/mol. The van der Waals surface area contributed by atoms with Crippen molar-refractivity contribution in [2.75, 3.05) is 16.8 Å². The molecule has 5 rings (SSSR count). The number of rotatable bonds is 9. The molecular formula is C40H35F6N3O3. The Balaban J connectivity index is 1.59. The Hall–Kier alpha value is -5.65. The highest BCUT2D eigenvalue weighted by Crippen LogP contribution is 2.41. The summed E-state index contributed by atoms with van der Waals surface area (Å²) in [4.78, 5) is 34.9. The van der Waals surface area contributed by atoms with Gasteiger partial charge in [0.25, 0.3) is 0 Å². The van der Waals surface area contributed by atoms with E-state index in [4.69, 9.17) is 4.74 Å². The van der Waals surface area contributed by atoms with Crippen LogP contribution in [0.25, 0.3) is 11.1 Å². The van der Waals surface area contributed by atoms with E-state index in [9.17, 15) is 35.9 Å². The highest BCUT2D eigenvalue weighted by molar-refractivity contribution is 6.03. The van der Waals surface area contributed by atoms with Crippen LogP contribution in [0.4, 0.5) is 42.6 Å². The standard InChI is InChI=1S/C40H35F6N3O3/c1-26-13-11-12-18-32(26)33-22-35(49(24-27-14-7-5-8-15-27)37(51)52-25-28-16-9-6-10-17-28)47-23-34(33)48(4)36(50)38(2,3)29-19-30(39(41,42)43)21-31(20-29)40(44,45)46/h5-23H,24-25H2,1-4H3. The summed E-state index contributed by atoms with van der Waals surface area (Å²) < 4.78 is 88.2. The Bertz CT molecular complexity index is 2020. The number of ether oxygens (including phenoxy) is 1. The maximum absolute atomic E-state index is 14.2. The molecular weight excluding hydrogens is 684 g/mol. The number of benzene rings is 4. The number of hydrogen-bond acceptors (Lipinski definition) is 4. The first kappa shape index (κ1) is 37.6. The van der Waals surface area contributed by atoms with Crippen molar-refractivity contribution in [1.82, 2.24) is 4.98 Å². The van der Waals surface area contributed by atoms with E-state index in [0.29, 0.717) is 23.3 Å². The fraction of sp³-hybridized carbons (Fsp3) is 0.225. The second kappa shape index (κ2) is 14.9. The van der Waals surface area contributed by atoms with Gasteiger partial charge in [0.2, 0.25) is 5.91 Å². The number of likely N-dealkylation sites (N-methyl/N-ethyl adjacent to an activating group) is 1. The topological polar surface area (TPSA) is 62.7 Å². The lowest BCUT2D eigenvalue weighted by Crippen LogP contribution is -2.42. The molecule has 0 aliphatic carbocycles. The molecule has 0 saturated carbocycles. The molecule has 1 aromatic heterocycles. The average molecular weight is 720 g/mol. The number of aromatic nitrogens is 1. The Labute approximate surface area is 297 Å². The van der Waals surface area contributed by atoms with Crippen LogP contribution in [0.2, 0.25) is 0 Å². The number of aryl methyl sites for hydroxylation is 1. The molecule has 0 N–H and O–H groups in total. The van der Waals surface area contributed by atoms with Crippen molar-refractivity contribution in [3.8, 4) is 11.1 Å². The number of carbonyl (C=O) groups is 2. The molecule has 0 fully saturated rings. The molecule has 270 valence electrons. The number of pyridine rings is 1. The van der Waals surface area contributed by atoms with E-state index in [-0.39, 0.29) is 30.7 Å². The molecule has 4 aromatic carbocycles. The van der Waals surface area contributed by atoms with Gasteiger partial charge in [-0.2, -0.15) is 26.3 Å². The van der Waals surface area contributed by atoms with Crippen LogP contribution in [0.3, 0.4) is 0 Å². The van der Waals surface area contributed by atoms with Gasteiger partial charge in [-0.3, -0.25) is 9.69 Å². The van der Waals surface area contributed by atoms with E-state index in [1.807, 2.05) is 79.7 Å². The van der Waals surface area contributed by atoms with Crippen LogP contribution in [0, 0.1) is 6.92 Å². The van der Waals surface area contributed by atoms with Gasteiger partial charge < -0.3 is 9.64 Å². The van der Waals surface area contributed by atoms with E-state index in [2.05, 4.69) is 4.98 Å². The van der Waals surface area contributed by atoms with Crippen LogP contribution in [0.15, 0.2) is 115 Å². The molecule has 1 heterocycles.